The zero-order valence-electron chi connectivity index (χ0n) is 8.96. The van der Waals surface area contributed by atoms with Gasteiger partial charge in [0.15, 0.2) is 0 Å². The van der Waals surface area contributed by atoms with Crippen LogP contribution in [-0.2, 0) is 6.42 Å². The van der Waals surface area contributed by atoms with Gasteiger partial charge >= 0.3 is 0 Å². The van der Waals surface area contributed by atoms with Crippen LogP contribution in [0.25, 0.3) is 0 Å². The van der Waals surface area contributed by atoms with Crippen molar-refractivity contribution < 1.29 is 0 Å². The standard InChI is InChI=1S/C12H18N2/c1-9-3-4-11-5-6-14(8-10(2)13)12(11)7-9/h3-4,7,10H,5-6,8,13H2,1-2H3. The number of hydrogen-bond donors (Lipinski definition) is 1. The number of aryl methyl sites for hydroxylation is 1. The second kappa shape index (κ2) is 3.62. The number of fused-ring (bicyclic) bond motifs is 1. The lowest BCUT2D eigenvalue weighted by Crippen LogP contribution is -2.34. The van der Waals surface area contributed by atoms with Gasteiger partial charge in [0.1, 0.15) is 0 Å². The van der Waals surface area contributed by atoms with Gasteiger partial charge in [0.25, 0.3) is 0 Å². The third-order valence-electron chi connectivity index (χ3n) is 2.74. The molecule has 0 aliphatic carbocycles. The minimum Gasteiger partial charge on any atom is -0.369 e. The first-order chi connectivity index (χ1) is 6.66. The molecule has 0 spiro atoms. The summed E-state index contributed by atoms with van der Waals surface area (Å²) < 4.78 is 0. The van der Waals surface area contributed by atoms with Gasteiger partial charge in [-0.3, -0.25) is 0 Å². The lowest BCUT2D eigenvalue weighted by atomic mass is 10.1. The second-order valence-corrected chi connectivity index (χ2v) is 4.31. The van der Waals surface area contributed by atoms with E-state index >= 15 is 0 Å². The molecule has 1 atom stereocenters. The number of hydrogen-bond acceptors (Lipinski definition) is 2. The van der Waals surface area contributed by atoms with E-state index < -0.39 is 0 Å². The van der Waals surface area contributed by atoms with Crippen molar-refractivity contribution in [2.75, 3.05) is 18.0 Å². The van der Waals surface area contributed by atoms with Gasteiger partial charge < -0.3 is 10.6 Å². The van der Waals surface area contributed by atoms with Crippen molar-refractivity contribution in [3.63, 3.8) is 0 Å². The maximum absolute atomic E-state index is 5.83. The van der Waals surface area contributed by atoms with Crippen LogP contribution in [0.15, 0.2) is 18.2 Å². The van der Waals surface area contributed by atoms with Crippen LogP contribution in [0.5, 0.6) is 0 Å². The van der Waals surface area contributed by atoms with E-state index in [2.05, 4.69) is 36.9 Å². The first kappa shape index (κ1) is 9.53. The Morgan fingerprint density at radius 3 is 3.00 bits per heavy atom. The van der Waals surface area contributed by atoms with Crippen molar-refractivity contribution in [2.24, 2.45) is 5.73 Å². The molecule has 0 fully saturated rings. The molecule has 1 unspecified atom stereocenters. The number of nitrogens with zero attached hydrogens (tertiary/aromatic N) is 1. The van der Waals surface area contributed by atoms with Crippen molar-refractivity contribution >= 4 is 5.69 Å². The topological polar surface area (TPSA) is 29.3 Å². The van der Waals surface area contributed by atoms with Crippen LogP contribution in [0, 0.1) is 6.92 Å². The summed E-state index contributed by atoms with van der Waals surface area (Å²) in [7, 11) is 0. The zero-order valence-corrected chi connectivity index (χ0v) is 8.96. The Balaban J connectivity index is 2.24. The second-order valence-electron chi connectivity index (χ2n) is 4.31. The molecule has 0 amide bonds. The predicted octanol–water partition coefficient (Wildman–Crippen LogP) is 1.70. The van der Waals surface area contributed by atoms with Gasteiger partial charge in [0.2, 0.25) is 0 Å². The summed E-state index contributed by atoms with van der Waals surface area (Å²) in [6, 6.07) is 6.95. The fourth-order valence-electron chi connectivity index (χ4n) is 2.09. The monoisotopic (exact) mass is 190 g/mol. The van der Waals surface area contributed by atoms with Gasteiger partial charge in [-0.1, -0.05) is 12.1 Å². The molecule has 1 aromatic carbocycles. The van der Waals surface area contributed by atoms with Crippen LogP contribution in [0.4, 0.5) is 5.69 Å². The SMILES string of the molecule is Cc1ccc2c(c1)N(CC(C)N)CC2. The summed E-state index contributed by atoms with van der Waals surface area (Å²) in [5, 5.41) is 0. The average molecular weight is 190 g/mol. The van der Waals surface area contributed by atoms with E-state index in [-0.39, 0.29) is 6.04 Å². The molecule has 14 heavy (non-hydrogen) atoms. The largest absolute Gasteiger partial charge is 0.369 e. The summed E-state index contributed by atoms with van der Waals surface area (Å²) in [4.78, 5) is 2.40. The molecular formula is C12H18N2. The Hall–Kier alpha value is -1.02. The minimum absolute atomic E-state index is 0.251. The van der Waals surface area contributed by atoms with Crippen molar-refractivity contribution in [3.8, 4) is 0 Å². The third-order valence-corrected chi connectivity index (χ3v) is 2.74. The highest BCUT2D eigenvalue weighted by Crippen LogP contribution is 2.28. The van der Waals surface area contributed by atoms with E-state index in [0.29, 0.717) is 0 Å². The van der Waals surface area contributed by atoms with Crippen LogP contribution in [0.2, 0.25) is 0 Å². The zero-order chi connectivity index (χ0) is 10.1. The predicted molar refractivity (Wildman–Crippen MR) is 60.7 cm³/mol. The molecule has 1 aliphatic rings. The maximum Gasteiger partial charge on any atom is 0.0402 e. The van der Waals surface area contributed by atoms with E-state index in [9.17, 15) is 0 Å². The van der Waals surface area contributed by atoms with Gasteiger partial charge in [0, 0.05) is 24.8 Å². The van der Waals surface area contributed by atoms with Crippen molar-refractivity contribution in [2.45, 2.75) is 26.3 Å². The summed E-state index contributed by atoms with van der Waals surface area (Å²) >= 11 is 0. The molecule has 1 heterocycles. The molecule has 2 rings (SSSR count). The molecule has 0 saturated carbocycles. The number of nitrogens with two attached hydrogens (primary N) is 1. The van der Waals surface area contributed by atoms with E-state index in [1.807, 2.05) is 0 Å². The van der Waals surface area contributed by atoms with Crippen LogP contribution in [-0.4, -0.2) is 19.1 Å². The molecule has 0 aromatic heterocycles. The summed E-state index contributed by atoms with van der Waals surface area (Å²) in [5.41, 5.74) is 10.0. The van der Waals surface area contributed by atoms with Gasteiger partial charge in [-0.15, -0.1) is 0 Å². The highest BCUT2D eigenvalue weighted by atomic mass is 15.2. The Morgan fingerprint density at radius 2 is 2.29 bits per heavy atom. The van der Waals surface area contributed by atoms with Crippen LogP contribution in [0.3, 0.4) is 0 Å². The highest BCUT2D eigenvalue weighted by Gasteiger charge is 2.19. The molecule has 1 aromatic rings. The van der Waals surface area contributed by atoms with E-state index in [4.69, 9.17) is 5.73 Å². The summed E-state index contributed by atoms with van der Waals surface area (Å²) in [5.74, 6) is 0. The molecule has 2 nitrogen and oxygen atoms in total. The molecule has 76 valence electrons. The average Bonchev–Trinajstić information content (AvgIpc) is 2.47. The quantitative estimate of drug-likeness (QED) is 0.769. The Labute approximate surface area is 85.7 Å². The Morgan fingerprint density at radius 1 is 1.50 bits per heavy atom. The van der Waals surface area contributed by atoms with Crippen molar-refractivity contribution in [1.82, 2.24) is 0 Å². The maximum atomic E-state index is 5.83. The fraction of sp³-hybridized carbons (Fsp3) is 0.500. The summed E-state index contributed by atoms with van der Waals surface area (Å²) in [6.45, 7) is 6.30. The lowest BCUT2D eigenvalue weighted by Gasteiger charge is -2.21. The van der Waals surface area contributed by atoms with Crippen molar-refractivity contribution in [1.29, 1.82) is 0 Å². The molecule has 0 bridgehead atoms. The Kier molecular flexibility index (Phi) is 2.46. The normalized spacial score (nSPS) is 16.9. The first-order valence-electron chi connectivity index (χ1n) is 5.27. The molecule has 0 saturated heterocycles. The number of anilines is 1. The van der Waals surface area contributed by atoms with Gasteiger partial charge in [-0.2, -0.15) is 0 Å². The Bertz CT molecular complexity index is 331. The number of rotatable bonds is 2. The van der Waals surface area contributed by atoms with Gasteiger partial charge in [-0.05, 0) is 37.5 Å². The van der Waals surface area contributed by atoms with E-state index in [0.717, 1.165) is 13.1 Å². The molecular weight excluding hydrogens is 172 g/mol. The van der Waals surface area contributed by atoms with E-state index in [1.165, 1.54) is 23.2 Å². The lowest BCUT2D eigenvalue weighted by molar-refractivity contribution is 0.693. The van der Waals surface area contributed by atoms with Crippen molar-refractivity contribution in [3.05, 3.63) is 29.3 Å². The highest BCUT2D eigenvalue weighted by molar-refractivity contribution is 5.59. The first-order valence-corrected chi connectivity index (χ1v) is 5.27. The smallest absolute Gasteiger partial charge is 0.0402 e. The molecule has 0 radical (unpaired) electrons. The summed E-state index contributed by atoms with van der Waals surface area (Å²) in [6.07, 6.45) is 1.17. The van der Waals surface area contributed by atoms with Crippen LogP contribution >= 0.6 is 0 Å². The molecule has 1 aliphatic heterocycles. The van der Waals surface area contributed by atoms with E-state index in [1.54, 1.807) is 0 Å². The van der Waals surface area contributed by atoms with Gasteiger partial charge in [-0.25, -0.2) is 0 Å². The number of benzene rings is 1. The van der Waals surface area contributed by atoms with Crippen LogP contribution in [0.1, 0.15) is 18.1 Å². The molecule has 2 N–H and O–H groups in total. The third kappa shape index (κ3) is 1.75. The van der Waals surface area contributed by atoms with Gasteiger partial charge in [0.05, 0.1) is 0 Å². The van der Waals surface area contributed by atoms with Crippen LogP contribution < -0.4 is 10.6 Å². The fourth-order valence-corrected chi connectivity index (χ4v) is 2.09. The minimum atomic E-state index is 0.251. The molecule has 2 heteroatoms.